The highest BCUT2D eigenvalue weighted by Crippen LogP contribution is 2.36. The predicted octanol–water partition coefficient (Wildman–Crippen LogP) is 3.91. The highest BCUT2D eigenvalue weighted by Gasteiger charge is 2.34. The first-order chi connectivity index (χ1) is 12.6. The second-order valence-electron chi connectivity index (χ2n) is 7.30. The maximum atomic E-state index is 12.9. The van der Waals surface area contributed by atoms with E-state index in [-0.39, 0.29) is 12.1 Å². The molecule has 2 N–H and O–H groups in total. The maximum absolute atomic E-state index is 12.9. The molecule has 136 valence electrons. The minimum Gasteiger partial charge on any atom is -0.497 e. The number of ether oxygens (including phenoxy) is 1. The van der Waals surface area contributed by atoms with Crippen molar-refractivity contribution in [2.24, 2.45) is 5.92 Å². The number of carbonyl (C=O) groups excluding carboxylic acids is 1. The van der Waals surface area contributed by atoms with Gasteiger partial charge >= 0.3 is 6.03 Å². The lowest BCUT2D eigenvalue weighted by atomic mass is 10.0. The lowest BCUT2D eigenvalue weighted by Gasteiger charge is -2.25. The summed E-state index contributed by atoms with van der Waals surface area (Å²) in [5.41, 5.74) is 4.60. The van der Waals surface area contributed by atoms with E-state index in [0.717, 1.165) is 43.1 Å². The van der Waals surface area contributed by atoms with Gasteiger partial charge in [0.15, 0.2) is 0 Å². The Morgan fingerprint density at radius 2 is 1.92 bits per heavy atom. The Kier molecular flexibility index (Phi) is 4.55. The third kappa shape index (κ3) is 3.27. The Hall–Kier alpha value is -2.53. The minimum absolute atomic E-state index is 0.0268. The molecule has 5 nitrogen and oxygen atoms in total. The van der Waals surface area contributed by atoms with Crippen molar-refractivity contribution in [1.82, 2.24) is 10.2 Å². The molecule has 0 aromatic heterocycles. The van der Waals surface area contributed by atoms with Gasteiger partial charge in [0.1, 0.15) is 5.75 Å². The summed E-state index contributed by atoms with van der Waals surface area (Å²) in [6.07, 6.45) is 0.980. The van der Waals surface area contributed by atoms with E-state index in [1.54, 1.807) is 7.11 Å². The minimum atomic E-state index is -0.0268. The molecule has 0 aliphatic carbocycles. The molecule has 2 aromatic rings. The molecule has 2 amide bonds. The fourth-order valence-electron chi connectivity index (χ4n) is 3.98. The third-order valence-corrected chi connectivity index (χ3v) is 5.36. The lowest BCUT2D eigenvalue weighted by molar-refractivity contribution is 0.206. The van der Waals surface area contributed by atoms with Crippen LogP contribution in [0.5, 0.6) is 5.75 Å². The van der Waals surface area contributed by atoms with Crippen LogP contribution >= 0.6 is 0 Å². The zero-order chi connectivity index (χ0) is 18.1. The molecule has 2 aliphatic rings. The van der Waals surface area contributed by atoms with E-state index in [4.69, 9.17) is 4.74 Å². The Bertz CT molecular complexity index is 803. The first kappa shape index (κ1) is 16.9. The molecule has 1 saturated heterocycles. The number of likely N-dealkylation sites (tertiary alicyclic amines) is 1. The van der Waals surface area contributed by atoms with Crippen LogP contribution in [0.1, 0.15) is 36.1 Å². The first-order valence-electron chi connectivity index (χ1n) is 9.18. The number of amides is 2. The van der Waals surface area contributed by atoms with E-state index in [1.165, 1.54) is 11.1 Å². The molecule has 2 atom stereocenters. The zero-order valence-corrected chi connectivity index (χ0v) is 15.3. The van der Waals surface area contributed by atoms with Crippen LogP contribution in [-0.4, -0.2) is 24.6 Å². The molecule has 0 radical (unpaired) electrons. The summed E-state index contributed by atoms with van der Waals surface area (Å²) in [6.45, 7) is 4.75. The quantitative estimate of drug-likeness (QED) is 0.881. The zero-order valence-electron chi connectivity index (χ0n) is 15.3. The number of hydrogen-bond acceptors (Lipinski definition) is 3. The van der Waals surface area contributed by atoms with Gasteiger partial charge in [-0.25, -0.2) is 4.79 Å². The summed E-state index contributed by atoms with van der Waals surface area (Å²) in [7, 11) is 1.67. The fraction of sp³-hybridized carbons (Fsp3) is 0.381. The van der Waals surface area contributed by atoms with E-state index in [1.807, 2.05) is 23.1 Å². The third-order valence-electron chi connectivity index (χ3n) is 5.36. The molecule has 2 heterocycles. The summed E-state index contributed by atoms with van der Waals surface area (Å²) >= 11 is 0. The van der Waals surface area contributed by atoms with Gasteiger partial charge in [0, 0.05) is 25.3 Å². The van der Waals surface area contributed by atoms with Crippen LogP contribution in [0.25, 0.3) is 0 Å². The molecule has 0 bridgehead atoms. The predicted molar refractivity (Wildman–Crippen MR) is 102 cm³/mol. The number of nitrogens with one attached hydrogen (secondary N) is 2. The van der Waals surface area contributed by atoms with Crippen LogP contribution < -0.4 is 15.4 Å². The van der Waals surface area contributed by atoms with Gasteiger partial charge in [-0.2, -0.15) is 0 Å². The average Bonchev–Trinajstić information content (AvgIpc) is 3.27. The smallest absolute Gasteiger partial charge is 0.322 e. The normalized spacial score (nSPS) is 21.5. The number of fused-ring (bicyclic) bond motifs is 1. The van der Waals surface area contributed by atoms with E-state index in [2.05, 4.69) is 41.8 Å². The van der Waals surface area contributed by atoms with Crippen LogP contribution in [0.2, 0.25) is 0 Å². The van der Waals surface area contributed by atoms with Crippen LogP contribution in [0.4, 0.5) is 10.5 Å². The molecule has 2 aromatic carbocycles. The van der Waals surface area contributed by atoms with Gasteiger partial charge in [0.2, 0.25) is 0 Å². The van der Waals surface area contributed by atoms with E-state index >= 15 is 0 Å². The van der Waals surface area contributed by atoms with Gasteiger partial charge in [-0.3, -0.25) is 0 Å². The molecule has 1 fully saturated rings. The molecular formula is C21H25N3O2. The van der Waals surface area contributed by atoms with Crippen LogP contribution in [-0.2, 0) is 13.1 Å². The standard InChI is InChI=1S/C21H25N3O2/c1-14-9-20(15-4-7-19(26-2)8-5-15)24(13-14)21(25)23-18-6-3-16-11-22-12-17(16)10-18/h3-8,10,14,20,22H,9,11-13H2,1-2H3,(H,23,25)/t14-,20+/m0/s1. The molecule has 0 saturated carbocycles. The van der Waals surface area contributed by atoms with Gasteiger partial charge in [0.05, 0.1) is 13.2 Å². The maximum Gasteiger partial charge on any atom is 0.322 e. The summed E-state index contributed by atoms with van der Waals surface area (Å²) in [6, 6.07) is 14.3. The van der Waals surface area contributed by atoms with Gasteiger partial charge in [-0.15, -0.1) is 0 Å². The van der Waals surface area contributed by atoms with Gasteiger partial charge in [0.25, 0.3) is 0 Å². The molecule has 4 rings (SSSR count). The highest BCUT2D eigenvalue weighted by atomic mass is 16.5. The number of anilines is 1. The Morgan fingerprint density at radius 1 is 1.15 bits per heavy atom. The SMILES string of the molecule is COc1ccc([C@H]2C[C@H](C)CN2C(=O)Nc2ccc3c(c2)CNC3)cc1. The summed E-state index contributed by atoms with van der Waals surface area (Å²) in [5, 5.41) is 6.42. The lowest BCUT2D eigenvalue weighted by Crippen LogP contribution is -2.34. The number of carbonyl (C=O) groups is 1. The largest absolute Gasteiger partial charge is 0.497 e. The average molecular weight is 351 g/mol. The van der Waals surface area contributed by atoms with Gasteiger partial charge in [-0.1, -0.05) is 25.1 Å². The molecule has 0 unspecified atom stereocenters. The van der Waals surface area contributed by atoms with Crippen LogP contribution in [0.15, 0.2) is 42.5 Å². The van der Waals surface area contributed by atoms with E-state index in [9.17, 15) is 4.79 Å². The topological polar surface area (TPSA) is 53.6 Å². The molecule has 5 heteroatoms. The Balaban J connectivity index is 1.51. The summed E-state index contributed by atoms with van der Waals surface area (Å²) in [4.78, 5) is 14.9. The monoisotopic (exact) mass is 351 g/mol. The van der Waals surface area contributed by atoms with Crippen molar-refractivity contribution < 1.29 is 9.53 Å². The van der Waals surface area contributed by atoms with Crippen molar-refractivity contribution in [2.75, 3.05) is 19.0 Å². The molecular weight excluding hydrogens is 326 g/mol. The van der Waals surface area contributed by atoms with Crippen molar-refractivity contribution in [3.05, 3.63) is 59.2 Å². The molecule has 2 aliphatic heterocycles. The van der Waals surface area contributed by atoms with Crippen molar-refractivity contribution in [1.29, 1.82) is 0 Å². The van der Waals surface area contributed by atoms with Crippen LogP contribution in [0, 0.1) is 5.92 Å². The summed E-state index contributed by atoms with van der Waals surface area (Å²) in [5.74, 6) is 1.32. The molecule has 0 spiro atoms. The molecule has 26 heavy (non-hydrogen) atoms. The van der Waals surface area contributed by atoms with Gasteiger partial charge in [-0.05, 0) is 53.3 Å². The van der Waals surface area contributed by atoms with E-state index < -0.39 is 0 Å². The van der Waals surface area contributed by atoms with Crippen molar-refractivity contribution >= 4 is 11.7 Å². The van der Waals surface area contributed by atoms with Gasteiger partial charge < -0.3 is 20.3 Å². The second kappa shape index (κ2) is 7.00. The number of rotatable bonds is 3. The second-order valence-corrected chi connectivity index (χ2v) is 7.30. The van der Waals surface area contributed by atoms with E-state index in [0.29, 0.717) is 5.92 Å². The summed E-state index contributed by atoms with van der Waals surface area (Å²) < 4.78 is 5.24. The number of benzene rings is 2. The number of urea groups is 1. The van der Waals surface area contributed by atoms with Crippen LogP contribution in [0.3, 0.4) is 0 Å². The number of hydrogen-bond donors (Lipinski definition) is 2. The number of nitrogens with zero attached hydrogens (tertiary/aromatic N) is 1. The highest BCUT2D eigenvalue weighted by molar-refractivity contribution is 5.90. The van der Waals surface area contributed by atoms with Crippen molar-refractivity contribution in [3.63, 3.8) is 0 Å². The van der Waals surface area contributed by atoms with Crippen molar-refractivity contribution in [2.45, 2.75) is 32.5 Å². The number of methoxy groups -OCH3 is 1. The fourth-order valence-corrected chi connectivity index (χ4v) is 3.98. The Morgan fingerprint density at radius 3 is 2.69 bits per heavy atom. The van der Waals surface area contributed by atoms with Crippen molar-refractivity contribution in [3.8, 4) is 5.75 Å². The first-order valence-corrected chi connectivity index (χ1v) is 9.18. The Labute approximate surface area is 154 Å².